The van der Waals surface area contributed by atoms with E-state index >= 15 is 0 Å². The third-order valence-corrected chi connectivity index (χ3v) is 3.92. The van der Waals surface area contributed by atoms with Crippen LogP contribution < -0.4 is 5.32 Å². The number of nitrogens with one attached hydrogen (secondary N) is 1. The Morgan fingerprint density at radius 2 is 2.00 bits per heavy atom. The van der Waals surface area contributed by atoms with Crippen LogP contribution in [-0.2, 0) is 4.74 Å². The molecule has 0 saturated carbocycles. The first-order valence-corrected chi connectivity index (χ1v) is 7.23. The first-order valence-electron chi connectivity index (χ1n) is 6.18. The highest BCUT2D eigenvalue weighted by molar-refractivity contribution is 7.99. The van der Waals surface area contributed by atoms with Gasteiger partial charge in [-0.1, -0.05) is 44.2 Å². The van der Waals surface area contributed by atoms with Crippen LogP contribution in [0.25, 0.3) is 0 Å². The lowest BCUT2D eigenvalue weighted by Gasteiger charge is -2.25. The topological polar surface area (TPSA) is 21.3 Å². The molecule has 2 unspecified atom stereocenters. The Hall–Kier alpha value is -0.510. The van der Waals surface area contributed by atoms with Gasteiger partial charge in [0.05, 0.1) is 6.61 Å². The third-order valence-electron chi connectivity index (χ3n) is 2.72. The van der Waals surface area contributed by atoms with Crippen LogP contribution in [-0.4, -0.2) is 31.3 Å². The average molecular weight is 253 g/mol. The zero-order valence-electron chi connectivity index (χ0n) is 11.0. The van der Waals surface area contributed by atoms with Crippen molar-refractivity contribution in [3.63, 3.8) is 0 Å². The monoisotopic (exact) mass is 253 g/mol. The zero-order chi connectivity index (χ0) is 12.5. The number of thioether (sulfide) groups is 1. The Labute approximate surface area is 109 Å². The van der Waals surface area contributed by atoms with Crippen molar-refractivity contribution in [3.8, 4) is 0 Å². The molecule has 2 atom stereocenters. The summed E-state index contributed by atoms with van der Waals surface area (Å²) >= 11 is 1.96. The van der Waals surface area contributed by atoms with Crippen molar-refractivity contribution in [2.24, 2.45) is 0 Å². The molecule has 1 aromatic rings. The summed E-state index contributed by atoms with van der Waals surface area (Å²) in [5, 5.41) is 4.11. The normalized spacial score (nSPS) is 14.5. The van der Waals surface area contributed by atoms with Gasteiger partial charge in [-0.15, -0.1) is 0 Å². The quantitative estimate of drug-likeness (QED) is 0.719. The van der Waals surface area contributed by atoms with Crippen LogP contribution in [0.4, 0.5) is 0 Å². The molecule has 0 aromatic heterocycles. The highest BCUT2D eigenvalue weighted by atomic mass is 32.2. The molecule has 3 heteroatoms. The van der Waals surface area contributed by atoms with Crippen LogP contribution in [0.3, 0.4) is 0 Å². The van der Waals surface area contributed by atoms with E-state index in [9.17, 15) is 0 Å². The standard InChI is InChI=1S/C14H23NOS/c1-4-15-14(12(2)17-11-10-16-3)13-8-6-5-7-9-13/h5-9,12,14-15H,4,10-11H2,1-3H3. The zero-order valence-corrected chi connectivity index (χ0v) is 11.8. The Morgan fingerprint density at radius 1 is 1.29 bits per heavy atom. The van der Waals surface area contributed by atoms with E-state index in [0.29, 0.717) is 11.3 Å². The molecule has 0 saturated heterocycles. The summed E-state index contributed by atoms with van der Waals surface area (Å²) in [5.74, 6) is 1.05. The van der Waals surface area contributed by atoms with Gasteiger partial charge in [0.2, 0.25) is 0 Å². The van der Waals surface area contributed by atoms with E-state index in [-0.39, 0.29) is 0 Å². The minimum atomic E-state index is 0.419. The summed E-state index contributed by atoms with van der Waals surface area (Å²) in [6, 6.07) is 11.1. The summed E-state index contributed by atoms with van der Waals surface area (Å²) in [6.45, 7) is 6.25. The fraction of sp³-hybridized carbons (Fsp3) is 0.571. The van der Waals surface area contributed by atoms with Gasteiger partial charge in [0.25, 0.3) is 0 Å². The van der Waals surface area contributed by atoms with E-state index < -0.39 is 0 Å². The van der Waals surface area contributed by atoms with Gasteiger partial charge < -0.3 is 10.1 Å². The van der Waals surface area contributed by atoms with E-state index in [2.05, 4.69) is 49.5 Å². The SMILES string of the molecule is CCNC(c1ccccc1)C(C)SCCOC. The Kier molecular flexibility index (Phi) is 7.33. The number of methoxy groups -OCH3 is 1. The number of benzene rings is 1. The van der Waals surface area contributed by atoms with E-state index in [1.165, 1.54) is 5.56 Å². The molecule has 0 heterocycles. The molecule has 17 heavy (non-hydrogen) atoms. The van der Waals surface area contributed by atoms with Crippen molar-refractivity contribution in [3.05, 3.63) is 35.9 Å². The molecule has 1 N–H and O–H groups in total. The van der Waals surface area contributed by atoms with E-state index in [1.54, 1.807) is 7.11 Å². The number of ether oxygens (including phenoxy) is 1. The molecular weight excluding hydrogens is 230 g/mol. The third kappa shape index (κ3) is 5.11. The van der Waals surface area contributed by atoms with Gasteiger partial charge in [0, 0.05) is 24.2 Å². The van der Waals surface area contributed by atoms with E-state index in [1.807, 2.05) is 11.8 Å². The van der Waals surface area contributed by atoms with Crippen LogP contribution >= 0.6 is 11.8 Å². The molecule has 1 aromatic carbocycles. The predicted molar refractivity (Wildman–Crippen MR) is 76.7 cm³/mol. The van der Waals surface area contributed by atoms with E-state index in [0.717, 1.165) is 18.9 Å². The summed E-state index contributed by atoms with van der Waals surface area (Å²) in [7, 11) is 1.75. The Balaban J connectivity index is 2.58. The van der Waals surface area contributed by atoms with Crippen molar-refractivity contribution in [1.82, 2.24) is 5.32 Å². The summed E-state index contributed by atoms with van der Waals surface area (Å²) in [6.07, 6.45) is 0. The number of rotatable bonds is 8. The highest BCUT2D eigenvalue weighted by Gasteiger charge is 2.17. The minimum absolute atomic E-state index is 0.419. The maximum Gasteiger partial charge on any atom is 0.0553 e. The summed E-state index contributed by atoms with van der Waals surface area (Å²) < 4.78 is 5.10. The molecule has 0 spiro atoms. The molecule has 0 aliphatic rings. The molecule has 1 rings (SSSR count). The summed E-state index contributed by atoms with van der Waals surface area (Å²) in [5.41, 5.74) is 1.37. The largest absolute Gasteiger partial charge is 0.384 e. The molecule has 0 fully saturated rings. The fourth-order valence-electron chi connectivity index (χ4n) is 1.85. The van der Waals surface area contributed by atoms with Crippen LogP contribution in [0, 0.1) is 0 Å². The lowest BCUT2D eigenvalue weighted by atomic mass is 10.0. The first-order chi connectivity index (χ1) is 8.29. The molecular formula is C14H23NOS. The second-order valence-corrected chi connectivity index (χ2v) is 5.50. The molecule has 0 aliphatic carbocycles. The van der Waals surface area contributed by atoms with Crippen molar-refractivity contribution in [2.75, 3.05) is 26.0 Å². The molecule has 0 aliphatic heterocycles. The van der Waals surface area contributed by atoms with Gasteiger partial charge in [-0.05, 0) is 12.1 Å². The van der Waals surface area contributed by atoms with Crippen LogP contribution in [0.1, 0.15) is 25.5 Å². The van der Waals surface area contributed by atoms with Gasteiger partial charge >= 0.3 is 0 Å². The van der Waals surface area contributed by atoms with Crippen LogP contribution in [0.5, 0.6) is 0 Å². The maximum absolute atomic E-state index is 5.10. The van der Waals surface area contributed by atoms with Crippen molar-refractivity contribution < 1.29 is 4.74 Å². The molecule has 2 nitrogen and oxygen atoms in total. The number of hydrogen-bond donors (Lipinski definition) is 1. The fourth-order valence-corrected chi connectivity index (χ4v) is 2.93. The summed E-state index contributed by atoms with van der Waals surface area (Å²) in [4.78, 5) is 0. The second kappa shape index (κ2) is 8.56. The van der Waals surface area contributed by atoms with Gasteiger partial charge in [0.15, 0.2) is 0 Å². The average Bonchev–Trinajstić information content (AvgIpc) is 2.37. The molecule has 96 valence electrons. The van der Waals surface area contributed by atoms with Crippen molar-refractivity contribution >= 4 is 11.8 Å². The van der Waals surface area contributed by atoms with Crippen LogP contribution in [0.15, 0.2) is 30.3 Å². The van der Waals surface area contributed by atoms with Gasteiger partial charge in [-0.3, -0.25) is 0 Å². The lowest BCUT2D eigenvalue weighted by Crippen LogP contribution is -2.28. The smallest absolute Gasteiger partial charge is 0.0553 e. The van der Waals surface area contributed by atoms with Crippen molar-refractivity contribution in [2.45, 2.75) is 25.1 Å². The minimum Gasteiger partial charge on any atom is -0.384 e. The van der Waals surface area contributed by atoms with Crippen molar-refractivity contribution in [1.29, 1.82) is 0 Å². The number of hydrogen-bond acceptors (Lipinski definition) is 3. The predicted octanol–water partition coefficient (Wildman–Crippen LogP) is 3.11. The Morgan fingerprint density at radius 3 is 2.59 bits per heavy atom. The van der Waals surface area contributed by atoms with Crippen LogP contribution in [0.2, 0.25) is 0 Å². The van der Waals surface area contributed by atoms with E-state index in [4.69, 9.17) is 4.74 Å². The maximum atomic E-state index is 5.10. The Bertz CT molecular complexity index is 292. The lowest BCUT2D eigenvalue weighted by molar-refractivity contribution is 0.218. The highest BCUT2D eigenvalue weighted by Crippen LogP contribution is 2.26. The molecule has 0 radical (unpaired) electrons. The molecule has 0 amide bonds. The second-order valence-electron chi connectivity index (χ2n) is 4.01. The first kappa shape index (κ1) is 14.6. The van der Waals surface area contributed by atoms with Gasteiger partial charge in [-0.2, -0.15) is 11.8 Å². The molecule has 0 bridgehead atoms. The van der Waals surface area contributed by atoms with Gasteiger partial charge in [0.1, 0.15) is 0 Å². The van der Waals surface area contributed by atoms with Gasteiger partial charge in [-0.25, -0.2) is 0 Å².